The number of carbonyl (C=O) groups is 1. The van der Waals surface area contributed by atoms with Crippen LogP contribution in [0, 0.1) is 0 Å². The molecule has 0 radical (unpaired) electrons. The first-order valence-corrected chi connectivity index (χ1v) is 7.29. The van der Waals surface area contributed by atoms with Crippen LogP contribution in [-0.4, -0.2) is 11.9 Å². The molecule has 1 aromatic heterocycles. The lowest BCUT2D eigenvalue weighted by molar-refractivity contribution is 0.0940. The molecule has 1 N–H and O–H groups in total. The monoisotopic (exact) mass is 285 g/mol. The molecule has 1 amide bonds. The smallest absolute Gasteiger partial charge is 0.251 e. The SMILES string of the molecule is CC(Cc1ccoc1)NC(=O)c1ccc(C(C)(C)C)cc1. The van der Waals surface area contributed by atoms with Crippen LogP contribution in [-0.2, 0) is 11.8 Å². The third-order valence-electron chi connectivity index (χ3n) is 3.51. The molecular formula is C18H23NO2. The maximum absolute atomic E-state index is 12.2. The van der Waals surface area contributed by atoms with Crippen LogP contribution in [0.3, 0.4) is 0 Å². The molecule has 2 aromatic rings. The zero-order chi connectivity index (χ0) is 15.5. The summed E-state index contributed by atoms with van der Waals surface area (Å²) in [5.41, 5.74) is 3.11. The fourth-order valence-electron chi connectivity index (χ4n) is 2.24. The Morgan fingerprint density at radius 1 is 1.19 bits per heavy atom. The summed E-state index contributed by atoms with van der Waals surface area (Å²) in [5, 5.41) is 3.01. The van der Waals surface area contributed by atoms with Gasteiger partial charge in [-0.3, -0.25) is 4.79 Å². The average molecular weight is 285 g/mol. The number of hydrogen-bond acceptors (Lipinski definition) is 2. The van der Waals surface area contributed by atoms with E-state index in [0.29, 0.717) is 5.56 Å². The zero-order valence-electron chi connectivity index (χ0n) is 13.1. The summed E-state index contributed by atoms with van der Waals surface area (Å²) in [6, 6.07) is 9.81. The van der Waals surface area contributed by atoms with Crippen molar-refractivity contribution in [3.63, 3.8) is 0 Å². The first-order valence-electron chi connectivity index (χ1n) is 7.29. The number of furan rings is 1. The summed E-state index contributed by atoms with van der Waals surface area (Å²) in [6.45, 7) is 8.48. The number of rotatable bonds is 4. The number of nitrogens with one attached hydrogen (secondary N) is 1. The van der Waals surface area contributed by atoms with Gasteiger partial charge in [-0.25, -0.2) is 0 Å². The highest BCUT2D eigenvalue weighted by Gasteiger charge is 2.15. The Kier molecular flexibility index (Phi) is 4.51. The van der Waals surface area contributed by atoms with Crippen molar-refractivity contribution in [3.8, 4) is 0 Å². The van der Waals surface area contributed by atoms with E-state index < -0.39 is 0 Å². The van der Waals surface area contributed by atoms with Gasteiger partial charge >= 0.3 is 0 Å². The van der Waals surface area contributed by atoms with Gasteiger partial charge in [0.25, 0.3) is 5.91 Å². The van der Waals surface area contributed by atoms with Crippen molar-refractivity contribution in [3.05, 3.63) is 59.5 Å². The Morgan fingerprint density at radius 3 is 2.38 bits per heavy atom. The fourth-order valence-corrected chi connectivity index (χ4v) is 2.24. The molecule has 0 fully saturated rings. The van der Waals surface area contributed by atoms with Crippen LogP contribution in [0.15, 0.2) is 47.3 Å². The van der Waals surface area contributed by atoms with E-state index in [4.69, 9.17) is 4.42 Å². The second-order valence-electron chi connectivity index (χ2n) is 6.54. The molecular weight excluding hydrogens is 262 g/mol. The largest absolute Gasteiger partial charge is 0.472 e. The lowest BCUT2D eigenvalue weighted by Gasteiger charge is -2.19. The minimum absolute atomic E-state index is 0.0357. The molecule has 2 rings (SSSR count). The molecule has 21 heavy (non-hydrogen) atoms. The van der Waals surface area contributed by atoms with Crippen LogP contribution in [0.1, 0.15) is 49.2 Å². The highest BCUT2D eigenvalue weighted by molar-refractivity contribution is 5.94. The van der Waals surface area contributed by atoms with Gasteiger partial charge in [0.2, 0.25) is 0 Å². The van der Waals surface area contributed by atoms with E-state index in [2.05, 4.69) is 26.1 Å². The normalized spacial score (nSPS) is 13.0. The van der Waals surface area contributed by atoms with Gasteiger partial charge < -0.3 is 9.73 Å². The molecule has 0 aliphatic rings. The van der Waals surface area contributed by atoms with Gasteiger partial charge in [-0.2, -0.15) is 0 Å². The number of benzene rings is 1. The summed E-state index contributed by atoms with van der Waals surface area (Å²) >= 11 is 0. The topological polar surface area (TPSA) is 42.2 Å². The molecule has 0 saturated carbocycles. The summed E-state index contributed by atoms with van der Waals surface area (Å²) in [5.74, 6) is -0.0357. The Hall–Kier alpha value is -2.03. The number of carbonyl (C=O) groups excluding carboxylic acids is 1. The molecule has 1 aromatic carbocycles. The molecule has 112 valence electrons. The van der Waals surface area contributed by atoms with Gasteiger partial charge in [0.15, 0.2) is 0 Å². The summed E-state index contributed by atoms with van der Waals surface area (Å²) in [6.07, 6.45) is 4.12. The minimum Gasteiger partial charge on any atom is -0.472 e. The Balaban J connectivity index is 1.97. The van der Waals surface area contributed by atoms with Gasteiger partial charge in [0, 0.05) is 11.6 Å². The second kappa shape index (κ2) is 6.17. The predicted octanol–water partition coefficient (Wildman–Crippen LogP) is 3.94. The maximum atomic E-state index is 12.2. The second-order valence-corrected chi connectivity index (χ2v) is 6.54. The third-order valence-corrected chi connectivity index (χ3v) is 3.51. The molecule has 0 bridgehead atoms. The van der Waals surface area contributed by atoms with E-state index in [-0.39, 0.29) is 17.4 Å². The molecule has 0 spiro atoms. The zero-order valence-corrected chi connectivity index (χ0v) is 13.1. The highest BCUT2D eigenvalue weighted by atomic mass is 16.3. The van der Waals surface area contributed by atoms with Crippen LogP contribution in [0.2, 0.25) is 0 Å². The molecule has 0 aliphatic carbocycles. The fraction of sp³-hybridized carbons (Fsp3) is 0.389. The average Bonchev–Trinajstić information content (AvgIpc) is 2.90. The number of amides is 1. The maximum Gasteiger partial charge on any atom is 0.251 e. The lowest BCUT2D eigenvalue weighted by atomic mass is 9.86. The molecule has 0 saturated heterocycles. The van der Waals surface area contributed by atoms with Crippen LogP contribution < -0.4 is 5.32 Å². The first-order chi connectivity index (χ1) is 9.86. The van der Waals surface area contributed by atoms with Gasteiger partial charge in [-0.05, 0) is 48.1 Å². The van der Waals surface area contributed by atoms with E-state index in [0.717, 1.165) is 12.0 Å². The minimum atomic E-state index is -0.0357. The Bertz CT molecular complexity index is 577. The molecule has 0 aliphatic heterocycles. The molecule has 1 heterocycles. The van der Waals surface area contributed by atoms with Crippen LogP contribution >= 0.6 is 0 Å². The molecule has 1 unspecified atom stereocenters. The van der Waals surface area contributed by atoms with Crippen LogP contribution in [0.25, 0.3) is 0 Å². The number of hydrogen-bond donors (Lipinski definition) is 1. The van der Waals surface area contributed by atoms with Crippen LogP contribution in [0.5, 0.6) is 0 Å². The van der Waals surface area contributed by atoms with Crippen molar-refractivity contribution in [2.75, 3.05) is 0 Å². The van der Waals surface area contributed by atoms with Crippen molar-refractivity contribution in [2.45, 2.75) is 45.6 Å². The molecule has 1 atom stereocenters. The summed E-state index contributed by atoms with van der Waals surface area (Å²) in [7, 11) is 0. The highest BCUT2D eigenvalue weighted by Crippen LogP contribution is 2.22. The summed E-state index contributed by atoms with van der Waals surface area (Å²) in [4.78, 5) is 12.2. The van der Waals surface area contributed by atoms with E-state index in [1.165, 1.54) is 5.56 Å². The van der Waals surface area contributed by atoms with E-state index >= 15 is 0 Å². The van der Waals surface area contributed by atoms with Gasteiger partial charge in [0.05, 0.1) is 12.5 Å². The van der Waals surface area contributed by atoms with Gasteiger partial charge in [-0.15, -0.1) is 0 Å². The van der Waals surface area contributed by atoms with Crippen molar-refractivity contribution in [2.24, 2.45) is 0 Å². The Labute approximate surface area is 126 Å². The quantitative estimate of drug-likeness (QED) is 0.924. The van der Waals surface area contributed by atoms with Crippen molar-refractivity contribution >= 4 is 5.91 Å². The van der Waals surface area contributed by atoms with Gasteiger partial charge in [0.1, 0.15) is 0 Å². The lowest BCUT2D eigenvalue weighted by Crippen LogP contribution is -2.34. The van der Waals surface area contributed by atoms with Crippen molar-refractivity contribution in [1.29, 1.82) is 0 Å². The van der Waals surface area contributed by atoms with E-state index in [1.807, 2.05) is 37.3 Å². The standard InChI is InChI=1S/C18H23NO2/c1-13(11-14-9-10-21-12-14)19-17(20)15-5-7-16(8-6-15)18(2,3)4/h5-10,12-13H,11H2,1-4H3,(H,19,20). The van der Waals surface area contributed by atoms with E-state index in [1.54, 1.807) is 12.5 Å². The molecule has 3 nitrogen and oxygen atoms in total. The third kappa shape index (κ3) is 4.22. The van der Waals surface area contributed by atoms with E-state index in [9.17, 15) is 4.79 Å². The Morgan fingerprint density at radius 2 is 1.86 bits per heavy atom. The predicted molar refractivity (Wildman–Crippen MR) is 84.5 cm³/mol. The summed E-state index contributed by atoms with van der Waals surface area (Å²) < 4.78 is 5.04. The van der Waals surface area contributed by atoms with Crippen molar-refractivity contribution < 1.29 is 9.21 Å². The molecule has 3 heteroatoms. The van der Waals surface area contributed by atoms with Crippen molar-refractivity contribution in [1.82, 2.24) is 5.32 Å². The van der Waals surface area contributed by atoms with Crippen LogP contribution in [0.4, 0.5) is 0 Å². The van der Waals surface area contributed by atoms with Gasteiger partial charge in [-0.1, -0.05) is 32.9 Å². The first kappa shape index (κ1) is 15.4.